The maximum atomic E-state index is 12.9. The molecule has 0 aromatic rings. The van der Waals surface area contributed by atoms with Crippen LogP contribution in [0.25, 0.3) is 0 Å². The van der Waals surface area contributed by atoms with Crippen molar-refractivity contribution in [1.29, 1.82) is 0 Å². The molecule has 66 heavy (non-hydrogen) atoms. The Morgan fingerprint density at radius 2 is 0.530 bits per heavy atom. The van der Waals surface area contributed by atoms with Crippen molar-refractivity contribution >= 4 is 17.9 Å². The van der Waals surface area contributed by atoms with E-state index < -0.39 is 6.10 Å². The summed E-state index contributed by atoms with van der Waals surface area (Å²) in [4.78, 5) is 38.2. The maximum absolute atomic E-state index is 12.9. The molecule has 0 heterocycles. The lowest BCUT2D eigenvalue weighted by molar-refractivity contribution is -0.167. The van der Waals surface area contributed by atoms with Crippen LogP contribution < -0.4 is 0 Å². The Morgan fingerprint density at radius 1 is 0.303 bits per heavy atom. The SMILES string of the molecule is CCC(C)CCCCCCCCCCCCCCCCC(=O)OC[C@H](COC(=O)CCCCCCCCCCCCCC(C)C)OC(=O)CCCCCCCCCCCCCCCC(C)C. The van der Waals surface area contributed by atoms with E-state index in [0.29, 0.717) is 19.3 Å². The molecule has 0 aliphatic heterocycles. The van der Waals surface area contributed by atoms with E-state index in [1.54, 1.807) is 0 Å². The van der Waals surface area contributed by atoms with Crippen molar-refractivity contribution in [3.63, 3.8) is 0 Å². The topological polar surface area (TPSA) is 78.9 Å². The molecule has 0 amide bonds. The molecule has 0 spiro atoms. The summed E-state index contributed by atoms with van der Waals surface area (Å²) in [6.07, 6.45) is 53.7. The maximum Gasteiger partial charge on any atom is 0.306 e. The summed E-state index contributed by atoms with van der Waals surface area (Å²) in [7, 11) is 0. The largest absolute Gasteiger partial charge is 0.462 e. The molecule has 0 fully saturated rings. The van der Waals surface area contributed by atoms with Gasteiger partial charge in [0.15, 0.2) is 6.10 Å². The Hall–Kier alpha value is -1.59. The van der Waals surface area contributed by atoms with Gasteiger partial charge in [-0.15, -0.1) is 0 Å². The smallest absolute Gasteiger partial charge is 0.306 e. The zero-order valence-electron chi connectivity index (χ0n) is 45.5. The predicted molar refractivity (Wildman–Crippen MR) is 284 cm³/mol. The van der Waals surface area contributed by atoms with Crippen LogP contribution in [-0.2, 0) is 28.6 Å². The fourth-order valence-corrected chi connectivity index (χ4v) is 9.14. The third-order valence-corrected chi connectivity index (χ3v) is 14.0. The zero-order valence-corrected chi connectivity index (χ0v) is 45.5. The van der Waals surface area contributed by atoms with E-state index in [-0.39, 0.29) is 31.1 Å². The first-order valence-corrected chi connectivity index (χ1v) is 29.6. The summed E-state index contributed by atoms with van der Waals surface area (Å²) in [6, 6.07) is 0. The average molecular weight is 934 g/mol. The molecular formula is C60H116O6. The second-order valence-electron chi connectivity index (χ2n) is 21.8. The second-order valence-corrected chi connectivity index (χ2v) is 21.8. The van der Waals surface area contributed by atoms with Gasteiger partial charge in [0.25, 0.3) is 0 Å². The number of esters is 3. The molecule has 0 rings (SSSR count). The molecule has 6 nitrogen and oxygen atoms in total. The van der Waals surface area contributed by atoms with Gasteiger partial charge >= 0.3 is 17.9 Å². The molecule has 0 aliphatic carbocycles. The molecule has 1 unspecified atom stereocenters. The van der Waals surface area contributed by atoms with Crippen LogP contribution in [0.1, 0.15) is 330 Å². The van der Waals surface area contributed by atoms with Crippen LogP contribution in [0.5, 0.6) is 0 Å². The van der Waals surface area contributed by atoms with E-state index in [1.165, 1.54) is 212 Å². The molecule has 0 N–H and O–H groups in total. The molecule has 0 aliphatic rings. The number of hydrogen-bond donors (Lipinski definition) is 0. The van der Waals surface area contributed by atoms with Crippen LogP contribution >= 0.6 is 0 Å². The Labute approximate surface area is 412 Å². The van der Waals surface area contributed by atoms with E-state index in [4.69, 9.17) is 14.2 Å². The number of rotatable bonds is 53. The number of carbonyl (C=O) groups is 3. The quantitative estimate of drug-likeness (QED) is 0.0343. The van der Waals surface area contributed by atoms with Crippen LogP contribution in [-0.4, -0.2) is 37.2 Å². The van der Waals surface area contributed by atoms with Gasteiger partial charge in [0.2, 0.25) is 0 Å². The van der Waals surface area contributed by atoms with Gasteiger partial charge in [-0.05, 0) is 37.0 Å². The van der Waals surface area contributed by atoms with Gasteiger partial charge in [0.05, 0.1) is 0 Å². The van der Waals surface area contributed by atoms with Gasteiger partial charge in [-0.2, -0.15) is 0 Å². The number of unbranched alkanes of at least 4 members (excludes halogenated alkanes) is 35. The van der Waals surface area contributed by atoms with Gasteiger partial charge < -0.3 is 14.2 Å². The van der Waals surface area contributed by atoms with Crippen molar-refractivity contribution in [2.45, 2.75) is 337 Å². The Morgan fingerprint density at radius 3 is 0.788 bits per heavy atom. The van der Waals surface area contributed by atoms with Crippen LogP contribution in [0.4, 0.5) is 0 Å². The Balaban J connectivity index is 4.30. The molecule has 0 radical (unpaired) electrons. The van der Waals surface area contributed by atoms with Crippen LogP contribution in [0.2, 0.25) is 0 Å². The summed E-state index contributed by atoms with van der Waals surface area (Å²) in [5.74, 6) is 1.72. The van der Waals surface area contributed by atoms with Crippen molar-refractivity contribution in [2.24, 2.45) is 17.8 Å². The highest BCUT2D eigenvalue weighted by Gasteiger charge is 2.19. The normalized spacial score (nSPS) is 12.5. The first-order valence-electron chi connectivity index (χ1n) is 29.6. The number of ether oxygens (including phenoxy) is 3. The van der Waals surface area contributed by atoms with Crippen molar-refractivity contribution in [1.82, 2.24) is 0 Å². The third kappa shape index (κ3) is 51.8. The lowest BCUT2D eigenvalue weighted by Gasteiger charge is -2.18. The van der Waals surface area contributed by atoms with Gasteiger partial charge in [0.1, 0.15) is 13.2 Å². The van der Waals surface area contributed by atoms with Crippen LogP contribution in [0.3, 0.4) is 0 Å². The van der Waals surface area contributed by atoms with Crippen LogP contribution in [0, 0.1) is 17.8 Å². The molecule has 392 valence electrons. The second kappa shape index (κ2) is 51.3. The minimum Gasteiger partial charge on any atom is -0.462 e. The highest BCUT2D eigenvalue weighted by atomic mass is 16.6. The average Bonchev–Trinajstić information content (AvgIpc) is 3.29. The molecule has 0 bridgehead atoms. The lowest BCUT2D eigenvalue weighted by atomic mass is 9.99. The molecule has 0 aromatic heterocycles. The molecular weight excluding hydrogens is 817 g/mol. The highest BCUT2D eigenvalue weighted by Crippen LogP contribution is 2.19. The first-order chi connectivity index (χ1) is 32.1. The summed E-state index contributed by atoms with van der Waals surface area (Å²) >= 11 is 0. The zero-order chi connectivity index (χ0) is 48.4. The van der Waals surface area contributed by atoms with E-state index in [9.17, 15) is 14.4 Å². The molecule has 0 aromatic carbocycles. The van der Waals surface area contributed by atoms with Gasteiger partial charge in [0, 0.05) is 19.3 Å². The fraction of sp³-hybridized carbons (Fsp3) is 0.950. The number of carbonyl (C=O) groups excluding carboxylic acids is 3. The van der Waals surface area contributed by atoms with E-state index in [1.807, 2.05) is 0 Å². The Kier molecular flexibility index (Phi) is 50.0. The standard InChI is InChI=1S/C60H116O6/c1-7-56(6)48-42-36-30-24-18-12-8-9-13-19-25-31-37-43-49-58(61)64-52-57(53-65-59(62)50-44-38-32-26-21-15-17-23-29-35-41-47-55(4)5)66-60(63)51-45-39-33-27-20-14-10-11-16-22-28-34-40-46-54(2)3/h54-57H,7-53H2,1-6H3/t56?,57-/m1/s1. The summed E-state index contributed by atoms with van der Waals surface area (Å²) in [5.41, 5.74) is 0. The molecule has 6 heteroatoms. The van der Waals surface area contributed by atoms with E-state index >= 15 is 0 Å². The molecule has 2 atom stereocenters. The van der Waals surface area contributed by atoms with Crippen LogP contribution in [0.15, 0.2) is 0 Å². The highest BCUT2D eigenvalue weighted by molar-refractivity contribution is 5.71. The van der Waals surface area contributed by atoms with Gasteiger partial charge in [-0.1, -0.05) is 292 Å². The molecule has 0 saturated carbocycles. The van der Waals surface area contributed by atoms with Crippen molar-refractivity contribution in [3.8, 4) is 0 Å². The minimum atomic E-state index is -0.764. The third-order valence-electron chi connectivity index (χ3n) is 14.0. The van der Waals surface area contributed by atoms with E-state index in [0.717, 1.165) is 75.5 Å². The lowest BCUT2D eigenvalue weighted by Crippen LogP contribution is -2.30. The van der Waals surface area contributed by atoms with Gasteiger partial charge in [-0.25, -0.2) is 0 Å². The van der Waals surface area contributed by atoms with Crippen molar-refractivity contribution in [2.75, 3.05) is 13.2 Å². The minimum absolute atomic E-state index is 0.0633. The van der Waals surface area contributed by atoms with Gasteiger partial charge in [-0.3, -0.25) is 14.4 Å². The van der Waals surface area contributed by atoms with Crippen molar-refractivity contribution < 1.29 is 28.6 Å². The Bertz CT molecular complexity index is 1020. The fourth-order valence-electron chi connectivity index (χ4n) is 9.14. The number of hydrogen-bond acceptors (Lipinski definition) is 6. The summed E-state index contributed by atoms with van der Waals surface area (Å²) in [5, 5.41) is 0. The summed E-state index contributed by atoms with van der Waals surface area (Å²) in [6.45, 7) is 13.8. The first kappa shape index (κ1) is 64.4. The van der Waals surface area contributed by atoms with E-state index in [2.05, 4.69) is 41.5 Å². The molecule has 0 saturated heterocycles. The predicted octanol–water partition coefficient (Wildman–Crippen LogP) is 19.5. The monoisotopic (exact) mass is 933 g/mol. The summed E-state index contributed by atoms with van der Waals surface area (Å²) < 4.78 is 16.9. The van der Waals surface area contributed by atoms with Crippen molar-refractivity contribution in [3.05, 3.63) is 0 Å².